The Morgan fingerprint density at radius 3 is 1.32 bits per heavy atom. The minimum Gasteiger partial charge on any atom is -0.475 e. The van der Waals surface area contributed by atoms with Gasteiger partial charge in [0.05, 0.1) is 12.1 Å². The van der Waals surface area contributed by atoms with Crippen molar-refractivity contribution in [2.75, 3.05) is 13.2 Å². The first kappa shape index (κ1) is 24.7. The van der Waals surface area contributed by atoms with E-state index >= 15 is 0 Å². The first-order valence-corrected chi connectivity index (χ1v) is 13.6. The molecule has 0 aromatic heterocycles. The summed E-state index contributed by atoms with van der Waals surface area (Å²) in [6.07, 6.45) is 0. The van der Waals surface area contributed by atoms with E-state index in [0.29, 0.717) is 25.0 Å². The predicted octanol–water partition coefficient (Wildman–Crippen LogP) is 8.04. The fourth-order valence-electron chi connectivity index (χ4n) is 5.37. The van der Waals surface area contributed by atoms with Crippen LogP contribution in [-0.2, 0) is 9.47 Å². The molecule has 4 aromatic rings. The Bertz CT molecular complexity index is 1480. The lowest BCUT2D eigenvalue weighted by Crippen LogP contribution is -2.25. The lowest BCUT2D eigenvalue weighted by Gasteiger charge is -2.22. The molecule has 2 aliphatic rings. The van der Waals surface area contributed by atoms with Gasteiger partial charge in [-0.2, -0.15) is 0 Å². The van der Waals surface area contributed by atoms with Crippen LogP contribution in [0.2, 0.25) is 0 Å². The highest BCUT2D eigenvalue weighted by atomic mass is 16.5. The molecule has 194 valence electrons. The summed E-state index contributed by atoms with van der Waals surface area (Å²) >= 11 is 0. The van der Waals surface area contributed by atoms with Gasteiger partial charge in [-0.3, -0.25) is 0 Å². The summed E-state index contributed by atoms with van der Waals surface area (Å²) in [5.41, 5.74) is 4.32. The molecule has 0 saturated heterocycles. The predicted molar refractivity (Wildman–Crippen MR) is 158 cm³/mol. The van der Waals surface area contributed by atoms with Gasteiger partial charge in [-0.15, -0.1) is 0 Å². The topological polar surface area (TPSA) is 43.2 Å². The summed E-state index contributed by atoms with van der Waals surface area (Å²) in [7, 11) is 0. The third-order valence-corrected chi connectivity index (χ3v) is 7.87. The maximum Gasteiger partial charge on any atom is 0.217 e. The van der Waals surface area contributed by atoms with Gasteiger partial charge in [0.25, 0.3) is 0 Å². The Balaban J connectivity index is 1.67. The van der Waals surface area contributed by atoms with Gasteiger partial charge in [0.2, 0.25) is 11.8 Å². The molecule has 0 unspecified atom stereocenters. The van der Waals surface area contributed by atoms with E-state index in [4.69, 9.17) is 19.5 Å². The molecule has 4 aromatic carbocycles. The number of fused-ring (bicyclic) bond motifs is 2. The van der Waals surface area contributed by atoms with Crippen LogP contribution in [-0.4, -0.2) is 37.1 Å². The van der Waals surface area contributed by atoms with Gasteiger partial charge in [-0.25, -0.2) is 9.98 Å². The van der Waals surface area contributed by atoms with Crippen LogP contribution >= 0.6 is 0 Å². The van der Waals surface area contributed by atoms with Crippen molar-refractivity contribution in [3.05, 3.63) is 83.9 Å². The highest BCUT2D eigenvalue weighted by Crippen LogP contribution is 2.42. The number of nitrogens with zero attached hydrogens (tertiary/aromatic N) is 2. The lowest BCUT2D eigenvalue weighted by molar-refractivity contribution is 0.235. The number of aliphatic imine (C=N–C) groups is 2. The standard InChI is InChI=1S/C34H36N2O2/c1-33(2,3)27-19-37-31(35-27)25-17-15-21-11-7-9-13-23(21)29(25)30-24-14-10-8-12-22(24)16-18-26(30)32-36-28(20-38-32)34(4,5)6/h7-18,27-28H,19-20H2,1-6H3/t27-,28-/m0/s1. The minimum atomic E-state index is 0.0255. The van der Waals surface area contributed by atoms with Crippen LogP contribution in [0.3, 0.4) is 0 Å². The quantitative estimate of drug-likeness (QED) is 0.283. The normalized spacial score (nSPS) is 19.8. The Morgan fingerprint density at radius 2 is 0.947 bits per heavy atom. The number of hydrogen-bond acceptors (Lipinski definition) is 4. The number of hydrogen-bond donors (Lipinski definition) is 0. The van der Waals surface area contributed by atoms with Crippen molar-refractivity contribution >= 4 is 33.3 Å². The van der Waals surface area contributed by atoms with Crippen molar-refractivity contribution < 1.29 is 9.47 Å². The molecule has 0 radical (unpaired) electrons. The average Bonchev–Trinajstić information content (AvgIpc) is 3.58. The fourth-order valence-corrected chi connectivity index (χ4v) is 5.37. The lowest BCUT2D eigenvalue weighted by atomic mass is 9.86. The number of ether oxygens (including phenoxy) is 2. The molecule has 0 aliphatic carbocycles. The van der Waals surface area contributed by atoms with E-state index in [2.05, 4.69) is 114 Å². The van der Waals surface area contributed by atoms with Crippen molar-refractivity contribution in [3.63, 3.8) is 0 Å². The third-order valence-electron chi connectivity index (χ3n) is 7.87. The summed E-state index contributed by atoms with van der Waals surface area (Å²) in [5.74, 6) is 1.43. The van der Waals surface area contributed by atoms with E-state index in [1.807, 2.05) is 0 Å². The van der Waals surface area contributed by atoms with E-state index in [9.17, 15) is 0 Å². The zero-order valence-electron chi connectivity index (χ0n) is 23.2. The van der Waals surface area contributed by atoms with E-state index in [-0.39, 0.29) is 22.9 Å². The molecule has 38 heavy (non-hydrogen) atoms. The fraction of sp³-hybridized carbons (Fsp3) is 0.353. The summed E-state index contributed by atoms with van der Waals surface area (Å²) in [4.78, 5) is 10.2. The van der Waals surface area contributed by atoms with Crippen molar-refractivity contribution in [2.45, 2.75) is 53.6 Å². The van der Waals surface area contributed by atoms with Crippen molar-refractivity contribution in [3.8, 4) is 11.1 Å². The van der Waals surface area contributed by atoms with Crippen LogP contribution < -0.4 is 0 Å². The maximum atomic E-state index is 6.32. The Labute approximate surface area is 225 Å². The van der Waals surface area contributed by atoms with E-state index in [1.165, 1.54) is 21.5 Å². The Kier molecular flexibility index (Phi) is 5.82. The van der Waals surface area contributed by atoms with Crippen molar-refractivity contribution in [1.29, 1.82) is 0 Å². The van der Waals surface area contributed by atoms with E-state index in [1.54, 1.807) is 0 Å². The van der Waals surface area contributed by atoms with Gasteiger partial charge < -0.3 is 9.47 Å². The molecule has 0 amide bonds. The SMILES string of the molecule is CC(C)(C)[C@@H]1COC(c2ccc3ccccc3c2-c2c(C3=N[C@H](C(C)(C)C)CO3)ccc3ccccc23)=N1. The Hall–Kier alpha value is -3.66. The molecule has 0 spiro atoms. The van der Waals surface area contributed by atoms with Gasteiger partial charge in [-0.05, 0) is 44.5 Å². The van der Waals surface area contributed by atoms with Crippen molar-refractivity contribution in [2.24, 2.45) is 20.8 Å². The second-order valence-electron chi connectivity index (χ2n) is 12.7. The molecule has 2 heterocycles. The van der Waals surface area contributed by atoms with Crippen LogP contribution in [0.5, 0.6) is 0 Å². The molecule has 6 rings (SSSR count). The van der Waals surface area contributed by atoms with Gasteiger partial charge in [-0.1, -0.05) is 102 Å². The van der Waals surface area contributed by atoms with E-state index in [0.717, 1.165) is 22.3 Å². The molecule has 2 aliphatic heterocycles. The highest BCUT2D eigenvalue weighted by molar-refractivity contribution is 6.19. The van der Waals surface area contributed by atoms with Crippen LogP contribution in [0, 0.1) is 10.8 Å². The molecule has 0 N–H and O–H groups in total. The number of rotatable bonds is 3. The zero-order chi connectivity index (χ0) is 26.7. The van der Waals surface area contributed by atoms with Gasteiger partial charge >= 0.3 is 0 Å². The van der Waals surface area contributed by atoms with Gasteiger partial charge in [0, 0.05) is 22.3 Å². The van der Waals surface area contributed by atoms with Gasteiger partial charge in [0.1, 0.15) is 13.2 Å². The molecule has 2 atom stereocenters. The molecule has 4 heteroatoms. The van der Waals surface area contributed by atoms with Crippen molar-refractivity contribution in [1.82, 2.24) is 0 Å². The maximum absolute atomic E-state index is 6.32. The van der Waals surface area contributed by atoms with Gasteiger partial charge in [0.15, 0.2) is 0 Å². The monoisotopic (exact) mass is 504 g/mol. The summed E-state index contributed by atoms with van der Waals surface area (Å²) in [6.45, 7) is 14.5. The third kappa shape index (κ3) is 4.26. The van der Waals surface area contributed by atoms with E-state index < -0.39 is 0 Å². The van der Waals surface area contributed by atoms with Crippen LogP contribution in [0.25, 0.3) is 32.7 Å². The van der Waals surface area contributed by atoms with Crippen LogP contribution in [0.1, 0.15) is 52.7 Å². The largest absolute Gasteiger partial charge is 0.475 e. The van der Waals surface area contributed by atoms with Crippen LogP contribution in [0.4, 0.5) is 0 Å². The molecule has 0 saturated carbocycles. The first-order chi connectivity index (χ1) is 18.1. The average molecular weight is 505 g/mol. The first-order valence-electron chi connectivity index (χ1n) is 13.6. The molecular formula is C34H36N2O2. The second kappa shape index (κ2) is 8.97. The Morgan fingerprint density at radius 1 is 0.553 bits per heavy atom. The highest BCUT2D eigenvalue weighted by Gasteiger charge is 2.34. The van der Waals surface area contributed by atoms with Crippen LogP contribution in [0.15, 0.2) is 82.8 Å². The number of benzene rings is 4. The zero-order valence-corrected chi connectivity index (χ0v) is 23.2. The second-order valence-corrected chi connectivity index (χ2v) is 12.7. The molecular weight excluding hydrogens is 468 g/mol. The summed E-state index contributed by atoms with van der Waals surface area (Å²) < 4.78 is 12.6. The molecule has 4 nitrogen and oxygen atoms in total. The summed E-state index contributed by atoms with van der Waals surface area (Å²) in [6, 6.07) is 26.0. The summed E-state index contributed by atoms with van der Waals surface area (Å²) in [5, 5.41) is 4.69. The minimum absolute atomic E-state index is 0.0255. The molecule has 0 fully saturated rings. The smallest absolute Gasteiger partial charge is 0.217 e. The molecule has 0 bridgehead atoms.